The standard InChI is InChI=1S/C32H47N/c1-3-5-7-9-15-30-22-25-32(33-26-30)31-23-20-29(21-24-31)14-11-10-13-28-18-16-27(17-19-28)12-8-6-4-2/h10,13,20-28H,3-9,11-12,14-19H2,1-2H3/t27-,28-. The third kappa shape index (κ3) is 9.48. The zero-order chi connectivity index (χ0) is 23.1. The predicted molar refractivity (Wildman–Crippen MR) is 145 cm³/mol. The van der Waals surface area contributed by atoms with Crippen LogP contribution in [0.2, 0.25) is 0 Å². The molecule has 3 rings (SSSR count). The predicted octanol–water partition coefficient (Wildman–Crippen LogP) is 9.75. The van der Waals surface area contributed by atoms with Gasteiger partial charge in [-0.2, -0.15) is 0 Å². The number of aryl methyl sites for hydroxylation is 2. The summed E-state index contributed by atoms with van der Waals surface area (Å²) >= 11 is 0. The van der Waals surface area contributed by atoms with Crippen LogP contribution in [0.1, 0.15) is 108 Å². The van der Waals surface area contributed by atoms with Gasteiger partial charge in [-0.05, 0) is 80.4 Å². The maximum absolute atomic E-state index is 4.72. The van der Waals surface area contributed by atoms with Crippen LogP contribution in [-0.2, 0) is 12.8 Å². The second kappa shape index (κ2) is 15.1. The van der Waals surface area contributed by atoms with E-state index in [9.17, 15) is 0 Å². The second-order valence-corrected chi connectivity index (χ2v) is 10.3. The Morgan fingerprint density at radius 1 is 0.758 bits per heavy atom. The number of benzene rings is 1. The molecule has 1 aliphatic carbocycles. The molecule has 0 amide bonds. The fourth-order valence-corrected chi connectivity index (χ4v) is 5.23. The number of pyridine rings is 1. The molecule has 1 heteroatoms. The Morgan fingerprint density at radius 3 is 2.18 bits per heavy atom. The molecular formula is C32H47N. The zero-order valence-electron chi connectivity index (χ0n) is 21.4. The van der Waals surface area contributed by atoms with Crippen LogP contribution in [0.3, 0.4) is 0 Å². The molecule has 1 nitrogen and oxygen atoms in total. The number of hydrogen-bond donors (Lipinski definition) is 0. The minimum atomic E-state index is 0.829. The lowest BCUT2D eigenvalue weighted by Gasteiger charge is -2.26. The fraction of sp³-hybridized carbons (Fsp3) is 0.594. The summed E-state index contributed by atoms with van der Waals surface area (Å²) < 4.78 is 0. The topological polar surface area (TPSA) is 12.9 Å². The van der Waals surface area contributed by atoms with Gasteiger partial charge in [0.2, 0.25) is 0 Å². The van der Waals surface area contributed by atoms with Crippen molar-refractivity contribution in [2.45, 2.75) is 110 Å². The Hall–Kier alpha value is -1.89. The molecule has 1 heterocycles. The number of hydrogen-bond acceptors (Lipinski definition) is 1. The van der Waals surface area contributed by atoms with E-state index in [1.54, 1.807) is 0 Å². The summed E-state index contributed by atoms with van der Waals surface area (Å²) in [4.78, 5) is 4.72. The van der Waals surface area contributed by atoms with Gasteiger partial charge in [0.05, 0.1) is 5.69 Å². The van der Waals surface area contributed by atoms with E-state index in [-0.39, 0.29) is 0 Å². The summed E-state index contributed by atoms with van der Waals surface area (Å²) in [6.07, 6.45) is 27.1. The van der Waals surface area contributed by atoms with Gasteiger partial charge in [0.15, 0.2) is 0 Å². The van der Waals surface area contributed by atoms with Crippen LogP contribution < -0.4 is 0 Å². The van der Waals surface area contributed by atoms with E-state index >= 15 is 0 Å². The number of rotatable bonds is 14. The molecule has 0 spiro atoms. The summed E-state index contributed by atoms with van der Waals surface area (Å²) in [6, 6.07) is 13.5. The first-order chi connectivity index (χ1) is 16.3. The maximum Gasteiger partial charge on any atom is 0.0702 e. The first-order valence-corrected chi connectivity index (χ1v) is 14.0. The van der Waals surface area contributed by atoms with Crippen molar-refractivity contribution in [3.8, 4) is 11.3 Å². The van der Waals surface area contributed by atoms with Crippen LogP contribution in [-0.4, -0.2) is 4.98 Å². The molecule has 1 aromatic heterocycles. The first kappa shape index (κ1) is 25.7. The summed E-state index contributed by atoms with van der Waals surface area (Å²) in [7, 11) is 0. The van der Waals surface area contributed by atoms with Crippen molar-refractivity contribution in [3.63, 3.8) is 0 Å². The van der Waals surface area contributed by atoms with Crippen molar-refractivity contribution in [1.82, 2.24) is 4.98 Å². The van der Waals surface area contributed by atoms with Crippen molar-refractivity contribution in [1.29, 1.82) is 0 Å². The quantitative estimate of drug-likeness (QED) is 0.208. The van der Waals surface area contributed by atoms with Gasteiger partial charge in [-0.1, -0.05) is 101 Å². The lowest BCUT2D eigenvalue weighted by Crippen LogP contribution is -2.13. The Kier molecular flexibility index (Phi) is 11.8. The third-order valence-electron chi connectivity index (χ3n) is 7.51. The van der Waals surface area contributed by atoms with Gasteiger partial charge in [-0.15, -0.1) is 0 Å². The van der Waals surface area contributed by atoms with Gasteiger partial charge >= 0.3 is 0 Å². The normalized spacial score (nSPS) is 18.7. The third-order valence-corrected chi connectivity index (χ3v) is 7.51. The molecule has 33 heavy (non-hydrogen) atoms. The van der Waals surface area contributed by atoms with Crippen molar-refractivity contribution in [2.24, 2.45) is 11.8 Å². The lowest BCUT2D eigenvalue weighted by atomic mass is 9.79. The molecule has 0 saturated heterocycles. The highest BCUT2D eigenvalue weighted by Crippen LogP contribution is 2.32. The van der Waals surface area contributed by atoms with E-state index in [0.717, 1.165) is 36.8 Å². The highest BCUT2D eigenvalue weighted by Gasteiger charge is 2.18. The average Bonchev–Trinajstić information content (AvgIpc) is 2.86. The van der Waals surface area contributed by atoms with E-state index in [0.29, 0.717) is 0 Å². The summed E-state index contributed by atoms with van der Waals surface area (Å²) in [5, 5.41) is 0. The minimum absolute atomic E-state index is 0.829. The second-order valence-electron chi connectivity index (χ2n) is 10.3. The monoisotopic (exact) mass is 445 g/mol. The molecule has 2 aromatic rings. The van der Waals surface area contributed by atoms with Gasteiger partial charge < -0.3 is 0 Å². The van der Waals surface area contributed by atoms with Crippen molar-refractivity contribution in [3.05, 3.63) is 65.9 Å². The Morgan fingerprint density at radius 2 is 1.48 bits per heavy atom. The summed E-state index contributed by atoms with van der Waals surface area (Å²) in [6.45, 7) is 4.57. The van der Waals surface area contributed by atoms with Gasteiger partial charge in [0.25, 0.3) is 0 Å². The molecule has 1 saturated carbocycles. The molecule has 1 fully saturated rings. The van der Waals surface area contributed by atoms with E-state index in [4.69, 9.17) is 4.98 Å². The van der Waals surface area contributed by atoms with Crippen molar-refractivity contribution in [2.75, 3.05) is 0 Å². The highest BCUT2D eigenvalue weighted by atomic mass is 14.7. The summed E-state index contributed by atoms with van der Waals surface area (Å²) in [5.41, 5.74) is 5.10. The van der Waals surface area contributed by atoms with Gasteiger partial charge in [-0.25, -0.2) is 0 Å². The molecular weight excluding hydrogens is 398 g/mol. The minimum Gasteiger partial charge on any atom is -0.256 e. The molecule has 0 aliphatic heterocycles. The van der Waals surface area contributed by atoms with Gasteiger partial charge in [-0.3, -0.25) is 4.98 Å². The fourth-order valence-electron chi connectivity index (χ4n) is 5.23. The van der Waals surface area contributed by atoms with Crippen LogP contribution in [0.25, 0.3) is 11.3 Å². The van der Waals surface area contributed by atoms with E-state index in [1.165, 1.54) is 93.7 Å². The zero-order valence-corrected chi connectivity index (χ0v) is 21.4. The van der Waals surface area contributed by atoms with Gasteiger partial charge in [0, 0.05) is 11.8 Å². The van der Waals surface area contributed by atoms with Gasteiger partial charge in [0.1, 0.15) is 0 Å². The lowest BCUT2D eigenvalue weighted by molar-refractivity contribution is 0.289. The van der Waals surface area contributed by atoms with Crippen LogP contribution >= 0.6 is 0 Å². The molecule has 1 aromatic carbocycles. The molecule has 0 radical (unpaired) electrons. The Balaban J connectivity index is 1.36. The van der Waals surface area contributed by atoms with Crippen LogP contribution in [0.4, 0.5) is 0 Å². The largest absolute Gasteiger partial charge is 0.256 e. The number of unbranched alkanes of at least 4 members (excludes halogenated alkanes) is 5. The van der Waals surface area contributed by atoms with Crippen LogP contribution in [0.5, 0.6) is 0 Å². The molecule has 0 atom stereocenters. The van der Waals surface area contributed by atoms with Crippen LogP contribution in [0, 0.1) is 11.8 Å². The molecule has 1 aliphatic rings. The van der Waals surface area contributed by atoms with Crippen molar-refractivity contribution < 1.29 is 0 Å². The molecule has 180 valence electrons. The van der Waals surface area contributed by atoms with E-state index in [2.05, 4.69) is 68.6 Å². The average molecular weight is 446 g/mol. The molecule has 0 bridgehead atoms. The van der Waals surface area contributed by atoms with Crippen molar-refractivity contribution >= 4 is 0 Å². The highest BCUT2D eigenvalue weighted by molar-refractivity contribution is 5.59. The SMILES string of the molecule is CCCCCCc1ccc(-c2ccc(CCC=C[C@H]3CC[C@H](CCCCC)CC3)cc2)nc1. The smallest absolute Gasteiger partial charge is 0.0702 e. The Labute approximate surface area is 204 Å². The van der Waals surface area contributed by atoms with E-state index in [1.807, 2.05) is 0 Å². The summed E-state index contributed by atoms with van der Waals surface area (Å²) in [5.74, 6) is 1.84. The first-order valence-electron chi connectivity index (χ1n) is 14.0. The number of aromatic nitrogens is 1. The molecule has 0 unspecified atom stereocenters. The maximum atomic E-state index is 4.72. The Bertz CT molecular complexity index is 778. The van der Waals surface area contributed by atoms with E-state index < -0.39 is 0 Å². The van der Waals surface area contributed by atoms with Crippen LogP contribution in [0.15, 0.2) is 54.7 Å². The molecule has 0 N–H and O–H groups in total. The number of allylic oxidation sites excluding steroid dienone is 2. The number of nitrogens with zero attached hydrogens (tertiary/aromatic N) is 1.